The summed E-state index contributed by atoms with van der Waals surface area (Å²) in [7, 11) is 0. The fraction of sp³-hybridized carbons (Fsp3) is 0.0938. The van der Waals surface area contributed by atoms with Crippen LogP contribution < -0.4 is 0 Å². The van der Waals surface area contributed by atoms with E-state index in [1.807, 2.05) is 0 Å². The Balaban J connectivity index is 1.57. The van der Waals surface area contributed by atoms with Crippen LogP contribution in [0.4, 0.5) is 0 Å². The summed E-state index contributed by atoms with van der Waals surface area (Å²) in [6.07, 6.45) is 0. The lowest BCUT2D eigenvalue weighted by atomic mass is 10.00. The Morgan fingerprint density at radius 3 is 2.31 bits per heavy atom. The molecule has 2 aromatic heterocycles. The highest BCUT2D eigenvalue weighted by atomic mass is 16.3. The van der Waals surface area contributed by atoms with Crippen LogP contribution in [0.5, 0.6) is 0 Å². The van der Waals surface area contributed by atoms with Gasteiger partial charge in [-0.3, -0.25) is 4.57 Å². The molecule has 0 aliphatic carbocycles. The maximum Gasteiger partial charge on any atom is 0.146 e. The second kappa shape index (κ2) is 7.31. The van der Waals surface area contributed by atoms with Gasteiger partial charge in [0.15, 0.2) is 0 Å². The Hall–Kier alpha value is -4.37. The number of rotatable bonds is 2. The fourth-order valence-electron chi connectivity index (χ4n) is 5.58. The van der Waals surface area contributed by atoms with Crippen molar-refractivity contribution in [1.82, 2.24) is 9.55 Å². The van der Waals surface area contributed by atoms with Gasteiger partial charge in [-0.2, -0.15) is 0 Å². The number of aryl methyl sites for hydroxylation is 3. The van der Waals surface area contributed by atoms with Crippen molar-refractivity contribution in [2.45, 2.75) is 20.8 Å². The van der Waals surface area contributed by atoms with Crippen molar-refractivity contribution in [3.05, 3.63) is 108 Å². The third-order valence-electron chi connectivity index (χ3n) is 7.24. The second-order valence-corrected chi connectivity index (χ2v) is 9.38. The lowest BCUT2D eigenvalue weighted by Gasteiger charge is -2.16. The summed E-state index contributed by atoms with van der Waals surface area (Å²) in [5, 5.41) is 4.77. The summed E-state index contributed by atoms with van der Waals surface area (Å²) in [6, 6.07) is 32.0. The van der Waals surface area contributed by atoms with Crippen LogP contribution in [0.2, 0.25) is 0 Å². The minimum atomic E-state index is 0.919. The summed E-state index contributed by atoms with van der Waals surface area (Å²) in [6.45, 7) is 6.49. The largest absolute Gasteiger partial charge is 0.456 e. The van der Waals surface area contributed by atoms with Gasteiger partial charge in [0, 0.05) is 21.9 Å². The molecule has 2 heterocycles. The quantitative estimate of drug-likeness (QED) is 0.263. The van der Waals surface area contributed by atoms with Crippen molar-refractivity contribution in [3.8, 4) is 17.1 Å². The molecule has 3 heteroatoms. The monoisotopic (exact) mass is 452 g/mol. The Morgan fingerprint density at radius 1 is 0.686 bits per heavy atom. The first-order valence-corrected chi connectivity index (χ1v) is 12.0. The van der Waals surface area contributed by atoms with Crippen LogP contribution in [0.15, 0.2) is 95.4 Å². The van der Waals surface area contributed by atoms with E-state index >= 15 is 0 Å². The van der Waals surface area contributed by atoms with E-state index < -0.39 is 0 Å². The summed E-state index contributed by atoms with van der Waals surface area (Å²) in [5.74, 6) is 0.938. The van der Waals surface area contributed by atoms with Gasteiger partial charge >= 0.3 is 0 Å². The zero-order chi connectivity index (χ0) is 23.7. The molecular weight excluding hydrogens is 428 g/mol. The third kappa shape index (κ3) is 2.82. The van der Waals surface area contributed by atoms with E-state index in [2.05, 4.69) is 116 Å². The number of furan rings is 1. The standard InChI is InChI=1S/C32H24N2O/c1-19-9-8-10-20(2)30(19)34-27-14-7-6-13-26(27)33-32(34)23-16-17-25-29-24-12-5-4-11-22(24)15-18-28(29)35-31(25)21(23)3/h4-18H,1-3H3. The first-order chi connectivity index (χ1) is 17.1. The molecule has 5 aromatic carbocycles. The molecule has 0 unspecified atom stereocenters. The summed E-state index contributed by atoms with van der Waals surface area (Å²) in [5.41, 5.74) is 9.76. The van der Waals surface area contributed by atoms with E-state index in [9.17, 15) is 0 Å². The molecule has 3 nitrogen and oxygen atoms in total. The predicted molar refractivity (Wildman–Crippen MR) is 146 cm³/mol. The highest BCUT2D eigenvalue weighted by Crippen LogP contribution is 2.40. The van der Waals surface area contributed by atoms with Crippen molar-refractivity contribution >= 4 is 43.7 Å². The van der Waals surface area contributed by atoms with Crippen LogP contribution in [0.1, 0.15) is 16.7 Å². The van der Waals surface area contributed by atoms with Crippen molar-refractivity contribution in [2.75, 3.05) is 0 Å². The van der Waals surface area contributed by atoms with Gasteiger partial charge in [-0.15, -0.1) is 0 Å². The molecule has 0 radical (unpaired) electrons. The van der Waals surface area contributed by atoms with Crippen LogP contribution in [0.25, 0.3) is 60.8 Å². The Morgan fingerprint density at radius 2 is 1.46 bits per heavy atom. The molecule has 0 aliphatic heterocycles. The van der Waals surface area contributed by atoms with Gasteiger partial charge < -0.3 is 4.42 Å². The molecule has 0 saturated carbocycles. The van der Waals surface area contributed by atoms with Gasteiger partial charge in [-0.05, 0) is 66.9 Å². The van der Waals surface area contributed by atoms with Crippen LogP contribution in [0.3, 0.4) is 0 Å². The van der Waals surface area contributed by atoms with E-state index in [0.29, 0.717) is 0 Å². The van der Waals surface area contributed by atoms with E-state index in [1.54, 1.807) is 0 Å². The smallest absolute Gasteiger partial charge is 0.146 e. The first kappa shape index (κ1) is 20.0. The minimum Gasteiger partial charge on any atom is -0.456 e. The van der Waals surface area contributed by atoms with E-state index in [4.69, 9.17) is 9.40 Å². The lowest BCUT2D eigenvalue weighted by molar-refractivity contribution is 0.666. The maximum absolute atomic E-state index is 6.48. The van der Waals surface area contributed by atoms with Crippen LogP contribution in [-0.4, -0.2) is 9.55 Å². The van der Waals surface area contributed by atoms with Crippen LogP contribution in [-0.2, 0) is 0 Å². The number of fused-ring (bicyclic) bond motifs is 6. The summed E-state index contributed by atoms with van der Waals surface area (Å²) >= 11 is 0. The van der Waals surface area contributed by atoms with E-state index in [-0.39, 0.29) is 0 Å². The molecule has 0 saturated heterocycles. The van der Waals surface area contributed by atoms with E-state index in [0.717, 1.165) is 44.5 Å². The molecule has 35 heavy (non-hydrogen) atoms. The van der Waals surface area contributed by atoms with Gasteiger partial charge in [-0.25, -0.2) is 4.98 Å². The van der Waals surface area contributed by atoms with Crippen molar-refractivity contribution in [1.29, 1.82) is 0 Å². The van der Waals surface area contributed by atoms with Gasteiger partial charge in [0.25, 0.3) is 0 Å². The Labute approximate surface area is 203 Å². The predicted octanol–water partition coefficient (Wildman–Crippen LogP) is 8.67. The molecule has 0 bridgehead atoms. The highest BCUT2D eigenvalue weighted by molar-refractivity contribution is 6.19. The van der Waals surface area contributed by atoms with Crippen LogP contribution >= 0.6 is 0 Å². The molecule has 7 rings (SSSR count). The van der Waals surface area contributed by atoms with Gasteiger partial charge in [0.05, 0.1) is 16.7 Å². The molecule has 0 N–H and O–H groups in total. The Bertz CT molecular complexity index is 1920. The first-order valence-electron chi connectivity index (χ1n) is 12.0. The van der Waals surface area contributed by atoms with Crippen molar-refractivity contribution < 1.29 is 4.42 Å². The number of benzene rings is 5. The number of imidazole rings is 1. The fourth-order valence-corrected chi connectivity index (χ4v) is 5.58. The highest BCUT2D eigenvalue weighted by Gasteiger charge is 2.21. The second-order valence-electron chi connectivity index (χ2n) is 9.38. The summed E-state index contributed by atoms with van der Waals surface area (Å²) < 4.78 is 8.80. The van der Waals surface area contributed by atoms with Crippen molar-refractivity contribution in [2.24, 2.45) is 0 Å². The molecule has 0 aliphatic rings. The minimum absolute atomic E-state index is 0.919. The number of aromatic nitrogens is 2. The molecule has 7 aromatic rings. The van der Waals surface area contributed by atoms with Crippen LogP contribution in [0, 0.1) is 20.8 Å². The summed E-state index contributed by atoms with van der Waals surface area (Å²) in [4.78, 5) is 5.13. The average Bonchev–Trinajstić information content (AvgIpc) is 3.44. The molecular formula is C32H24N2O. The lowest BCUT2D eigenvalue weighted by Crippen LogP contribution is -2.03. The molecule has 0 fully saturated rings. The average molecular weight is 453 g/mol. The van der Waals surface area contributed by atoms with Crippen molar-refractivity contribution in [3.63, 3.8) is 0 Å². The third-order valence-corrected chi connectivity index (χ3v) is 7.24. The SMILES string of the molecule is Cc1cccc(C)c1-n1c(-c2ccc3c(oc4ccc5ccccc5c43)c2C)nc2ccccc21. The molecule has 0 amide bonds. The zero-order valence-corrected chi connectivity index (χ0v) is 20.0. The van der Waals surface area contributed by atoms with Gasteiger partial charge in [0.2, 0.25) is 0 Å². The number of hydrogen-bond donors (Lipinski definition) is 0. The molecule has 0 spiro atoms. The number of hydrogen-bond acceptors (Lipinski definition) is 2. The topological polar surface area (TPSA) is 31.0 Å². The number of nitrogens with zero attached hydrogens (tertiary/aromatic N) is 2. The maximum atomic E-state index is 6.48. The van der Waals surface area contributed by atoms with Gasteiger partial charge in [-0.1, -0.05) is 66.7 Å². The van der Waals surface area contributed by atoms with E-state index in [1.165, 1.54) is 33.0 Å². The molecule has 0 atom stereocenters. The molecule has 168 valence electrons. The normalized spacial score (nSPS) is 11.9. The van der Waals surface area contributed by atoms with Gasteiger partial charge in [0.1, 0.15) is 17.0 Å². The number of para-hydroxylation sites is 3. The zero-order valence-electron chi connectivity index (χ0n) is 20.0. The Kier molecular flexibility index (Phi) is 4.19.